The number of piperazine rings is 1. The maximum Gasteiger partial charge on any atom is 0.235 e. The molecule has 5 nitrogen and oxygen atoms in total. The summed E-state index contributed by atoms with van der Waals surface area (Å²) in [6.45, 7) is 3.76. The fourth-order valence-corrected chi connectivity index (χ4v) is 2.66. The standard InChI is InChI=1S/C15H15ClN4O/c1-19-6-8-20(9-7-19)15-13(10-17)18-14(21-15)11-4-2-3-5-12(11)16/h2-5H,6-9H2,1H3/p+1. The van der Waals surface area contributed by atoms with Crippen molar-refractivity contribution in [2.75, 3.05) is 38.1 Å². The van der Waals surface area contributed by atoms with Crippen molar-refractivity contribution < 1.29 is 9.32 Å². The topological polar surface area (TPSA) is 57.5 Å². The van der Waals surface area contributed by atoms with Crippen molar-refractivity contribution in [3.8, 4) is 17.5 Å². The van der Waals surface area contributed by atoms with Crippen molar-refractivity contribution >= 4 is 17.5 Å². The molecule has 108 valence electrons. The number of nitriles is 1. The van der Waals surface area contributed by atoms with Gasteiger partial charge in [0.2, 0.25) is 17.5 Å². The monoisotopic (exact) mass is 303 g/mol. The van der Waals surface area contributed by atoms with Gasteiger partial charge in [0.15, 0.2) is 0 Å². The van der Waals surface area contributed by atoms with Gasteiger partial charge in [0.25, 0.3) is 0 Å². The Morgan fingerprint density at radius 2 is 2.05 bits per heavy atom. The van der Waals surface area contributed by atoms with Crippen LogP contribution >= 0.6 is 11.6 Å². The lowest BCUT2D eigenvalue weighted by atomic mass is 10.2. The van der Waals surface area contributed by atoms with Gasteiger partial charge in [-0.05, 0) is 12.1 Å². The number of aromatic nitrogens is 1. The van der Waals surface area contributed by atoms with Crippen LogP contribution in [0.3, 0.4) is 0 Å². The van der Waals surface area contributed by atoms with Crippen LogP contribution in [0.1, 0.15) is 5.69 Å². The van der Waals surface area contributed by atoms with Crippen molar-refractivity contribution in [3.63, 3.8) is 0 Å². The molecule has 6 heteroatoms. The molecule has 3 rings (SSSR count). The van der Waals surface area contributed by atoms with Crippen LogP contribution in [0.5, 0.6) is 0 Å². The highest BCUT2D eigenvalue weighted by Crippen LogP contribution is 2.32. The Bertz CT molecular complexity index is 683. The lowest BCUT2D eigenvalue weighted by Gasteiger charge is -2.29. The van der Waals surface area contributed by atoms with Crippen molar-refractivity contribution in [2.45, 2.75) is 0 Å². The maximum absolute atomic E-state index is 9.29. The van der Waals surface area contributed by atoms with Crippen LogP contribution in [-0.4, -0.2) is 38.2 Å². The molecule has 1 aromatic heterocycles. The fraction of sp³-hybridized carbons (Fsp3) is 0.333. The van der Waals surface area contributed by atoms with Gasteiger partial charge >= 0.3 is 0 Å². The molecule has 0 unspecified atom stereocenters. The minimum Gasteiger partial charge on any atom is -0.419 e. The van der Waals surface area contributed by atoms with E-state index in [-0.39, 0.29) is 0 Å². The number of likely N-dealkylation sites (N-methyl/N-ethyl adjacent to an activating group) is 1. The Hall–Kier alpha value is -2.03. The summed E-state index contributed by atoms with van der Waals surface area (Å²) < 4.78 is 5.85. The van der Waals surface area contributed by atoms with Gasteiger partial charge in [-0.2, -0.15) is 10.2 Å². The Morgan fingerprint density at radius 1 is 1.33 bits per heavy atom. The number of nitrogens with zero attached hydrogens (tertiary/aromatic N) is 3. The van der Waals surface area contributed by atoms with Crippen LogP contribution in [0.4, 0.5) is 5.88 Å². The van der Waals surface area contributed by atoms with Crippen molar-refractivity contribution in [2.24, 2.45) is 0 Å². The predicted octanol–water partition coefficient (Wildman–Crippen LogP) is 1.20. The normalized spacial score (nSPS) is 16.0. The van der Waals surface area contributed by atoms with Crippen molar-refractivity contribution in [1.29, 1.82) is 5.26 Å². The van der Waals surface area contributed by atoms with E-state index in [1.165, 1.54) is 4.90 Å². The highest BCUT2D eigenvalue weighted by Gasteiger charge is 2.25. The molecule has 0 bridgehead atoms. The molecule has 2 heterocycles. The van der Waals surface area contributed by atoms with E-state index >= 15 is 0 Å². The highest BCUT2D eigenvalue weighted by atomic mass is 35.5. The average Bonchev–Trinajstić information content (AvgIpc) is 2.92. The second kappa shape index (κ2) is 5.76. The van der Waals surface area contributed by atoms with Gasteiger partial charge in [0, 0.05) is 0 Å². The largest absolute Gasteiger partial charge is 0.419 e. The highest BCUT2D eigenvalue weighted by molar-refractivity contribution is 6.33. The van der Waals surface area contributed by atoms with Crippen molar-refractivity contribution in [3.05, 3.63) is 35.0 Å². The fourth-order valence-electron chi connectivity index (χ4n) is 2.44. The summed E-state index contributed by atoms with van der Waals surface area (Å²) in [6, 6.07) is 9.46. The first-order valence-electron chi connectivity index (χ1n) is 6.91. The number of hydrogen-bond acceptors (Lipinski definition) is 4. The zero-order valence-corrected chi connectivity index (χ0v) is 12.5. The SMILES string of the molecule is C[NH+]1CCN(c2oc(-c3ccccc3Cl)nc2C#N)CC1. The summed E-state index contributed by atoms with van der Waals surface area (Å²) in [6.07, 6.45) is 0. The number of rotatable bonds is 2. The summed E-state index contributed by atoms with van der Waals surface area (Å²) in [7, 11) is 2.16. The van der Waals surface area contributed by atoms with E-state index in [1.807, 2.05) is 18.2 Å². The molecule has 0 radical (unpaired) electrons. The predicted molar refractivity (Wildman–Crippen MR) is 80.5 cm³/mol. The molecule has 0 amide bonds. The first-order valence-corrected chi connectivity index (χ1v) is 7.29. The van der Waals surface area contributed by atoms with Gasteiger partial charge in [0.05, 0.1) is 43.8 Å². The third kappa shape index (κ3) is 2.73. The van der Waals surface area contributed by atoms with Crippen molar-refractivity contribution in [1.82, 2.24) is 4.98 Å². The van der Waals surface area contributed by atoms with Gasteiger partial charge in [-0.25, -0.2) is 0 Å². The third-order valence-corrected chi connectivity index (χ3v) is 4.05. The van der Waals surface area contributed by atoms with Crippen LogP contribution in [0.15, 0.2) is 28.7 Å². The lowest BCUT2D eigenvalue weighted by molar-refractivity contribution is -0.880. The zero-order chi connectivity index (χ0) is 14.8. The quantitative estimate of drug-likeness (QED) is 0.906. The Morgan fingerprint density at radius 3 is 2.71 bits per heavy atom. The molecule has 0 atom stereocenters. The molecule has 21 heavy (non-hydrogen) atoms. The first-order chi connectivity index (χ1) is 10.2. The number of benzene rings is 1. The van der Waals surface area contributed by atoms with Gasteiger partial charge in [-0.15, -0.1) is 0 Å². The number of oxazole rings is 1. The van der Waals surface area contributed by atoms with E-state index in [2.05, 4.69) is 23.0 Å². The number of nitrogens with one attached hydrogen (secondary N) is 1. The molecule has 0 spiro atoms. The van der Waals surface area contributed by atoms with Gasteiger partial charge in [-0.3, -0.25) is 0 Å². The summed E-state index contributed by atoms with van der Waals surface area (Å²) in [5.41, 5.74) is 1.03. The molecule has 1 fully saturated rings. The van der Waals surface area contributed by atoms with E-state index in [9.17, 15) is 5.26 Å². The minimum atomic E-state index is 0.324. The van der Waals surface area contributed by atoms with E-state index in [1.54, 1.807) is 6.07 Å². The minimum absolute atomic E-state index is 0.324. The molecule has 1 aliphatic rings. The Labute approximate surface area is 128 Å². The molecule has 0 aliphatic carbocycles. The smallest absolute Gasteiger partial charge is 0.235 e. The Balaban J connectivity index is 1.96. The van der Waals surface area contributed by atoms with E-state index in [0.29, 0.717) is 28.1 Å². The molecular weight excluding hydrogens is 288 g/mol. The number of hydrogen-bond donors (Lipinski definition) is 1. The van der Waals surface area contributed by atoms with Crippen LogP contribution in [0.2, 0.25) is 5.02 Å². The third-order valence-electron chi connectivity index (χ3n) is 3.72. The molecular formula is C15H16ClN4O+. The molecule has 1 aliphatic heterocycles. The maximum atomic E-state index is 9.29. The van der Waals surface area contributed by atoms with E-state index < -0.39 is 0 Å². The molecule has 1 aromatic carbocycles. The van der Waals surface area contributed by atoms with Gasteiger partial charge in [0.1, 0.15) is 6.07 Å². The molecule has 1 saturated heterocycles. The van der Waals surface area contributed by atoms with Crippen LogP contribution < -0.4 is 9.80 Å². The number of anilines is 1. The number of halogens is 1. The molecule has 2 aromatic rings. The Kier molecular flexibility index (Phi) is 3.82. The number of quaternary nitrogens is 1. The summed E-state index contributed by atoms with van der Waals surface area (Å²) in [5, 5.41) is 9.86. The second-order valence-corrected chi connectivity index (χ2v) is 5.62. The van der Waals surface area contributed by atoms with Gasteiger partial charge in [-0.1, -0.05) is 23.7 Å². The van der Waals surface area contributed by atoms with E-state index in [4.69, 9.17) is 16.0 Å². The van der Waals surface area contributed by atoms with Crippen LogP contribution in [0.25, 0.3) is 11.5 Å². The lowest BCUT2D eigenvalue weighted by Crippen LogP contribution is -3.12. The van der Waals surface area contributed by atoms with Gasteiger partial charge < -0.3 is 14.2 Å². The summed E-state index contributed by atoms with van der Waals surface area (Å²) in [5.74, 6) is 0.957. The summed E-state index contributed by atoms with van der Waals surface area (Å²) >= 11 is 6.17. The average molecular weight is 304 g/mol. The summed E-state index contributed by atoms with van der Waals surface area (Å²) in [4.78, 5) is 7.86. The second-order valence-electron chi connectivity index (χ2n) is 5.21. The van der Waals surface area contributed by atoms with Crippen LogP contribution in [-0.2, 0) is 0 Å². The van der Waals surface area contributed by atoms with Crippen LogP contribution in [0, 0.1) is 11.3 Å². The zero-order valence-electron chi connectivity index (χ0n) is 11.8. The first kappa shape index (κ1) is 13.9. The molecule has 1 N–H and O–H groups in total. The molecule has 0 saturated carbocycles. The van der Waals surface area contributed by atoms with E-state index in [0.717, 1.165) is 26.2 Å².